The van der Waals surface area contributed by atoms with Gasteiger partial charge in [0, 0.05) is 13.1 Å². The molecule has 6 nitrogen and oxygen atoms in total. The molecule has 2 aromatic heterocycles. The van der Waals surface area contributed by atoms with Gasteiger partial charge in [0.15, 0.2) is 17.0 Å². The van der Waals surface area contributed by atoms with Crippen molar-refractivity contribution in [2.45, 2.75) is 20.4 Å². The van der Waals surface area contributed by atoms with Crippen molar-refractivity contribution < 1.29 is 0 Å². The van der Waals surface area contributed by atoms with Crippen molar-refractivity contribution in [3.8, 4) is 0 Å². The van der Waals surface area contributed by atoms with Gasteiger partial charge in [-0.2, -0.15) is 9.97 Å². The fourth-order valence-corrected chi connectivity index (χ4v) is 2.59. The van der Waals surface area contributed by atoms with Gasteiger partial charge in [-0.25, -0.2) is 4.98 Å². The van der Waals surface area contributed by atoms with Crippen molar-refractivity contribution in [1.29, 1.82) is 0 Å². The number of nitrogen functional groups attached to an aromatic ring is 1. The van der Waals surface area contributed by atoms with Crippen molar-refractivity contribution >= 4 is 22.9 Å². The summed E-state index contributed by atoms with van der Waals surface area (Å²) in [5.74, 6) is 1.09. The van der Waals surface area contributed by atoms with E-state index in [9.17, 15) is 0 Å². The summed E-state index contributed by atoms with van der Waals surface area (Å²) in [6, 6.07) is 10.2. The van der Waals surface area contributed by atoms with E-state index in [1.807, 2.05) is 22.8 Å². The maximum atomic E-state index is 5.90. The molecule has 2 heterocycles. The molecular formula is C16H20N6. The molecule has 0 aliphatic heterocycles. The van der Waals surface area contributed by atoms with Crippen molar-refractivity contribution in [3.05, 3.63) is 42.2 Å². The number of fused-ring (bicyclic) bond motifs is 1. The number of hydrogen-bond donors (Lipinski definition) is 1. The highest BCUT2D eigenvalue weighted by atomic mass is 15.2. The Bertz CT molecular complexity index is 761. The molecule has 0 saturated carbocycles. The summed E-state index contributed by atoms with van der Waals surface area (Å²) in [6.07, 6.45) is 1.80. The molecule has 2 N–H and O–H groups in total. The Labute approximate surface area is 129 Å². The Morgan fingerprint density at radius 3 is 2.50 bits per heavy atom. The molecular weight excluding hydrogens is 276 g/mol. The third-order valence-electron chi connectivity index (χ3n) is 3.72. The lowest BCUT2D eigenvalue weighted by Gasteiger charge is -2.20. The number of nitrogens with zero attached hydrogens (tertiary/aromatic N) is 5. The molecule has 0 bridgehead atoms. The summed E-state index contributed by atoms with van der Waals surface area (Å²) in [7, 11) is 0. The molecule has 0 unspecified atom stereocenters. The van der Waals surface area contributed by atoms with E-state index in [2.05, 4.69) is 45.8 Å². The summed E-state index contributed by atoms with van der Waals surface area (Å²) < 4.78 is 2.01. The lowest BCUT2D eigenvalue weighted by atomic mass is 10.2. The van der Waals surface area contributed by atoms with Crippen LogP contribution < -0.4 is 10.6 Å². The zero-order chi connectivity index (χ0) is 15.5. The SMILES string of the molecule is CCN(CC)c1nc(N)nc2c1ncn2Cc1ccccc1. The van der Waals surface area contributed by atoms with Gasteiger partial charge in [0.2, 0.25) is 5.95 Å². The zero-order valence-corrected chi connectivity index (χ0v) is 12.9. The highest BCUT2D eigenvalue weighted by molar-refractivity contribution is 5.84. The van der Waals surface area contributed by atoms with E-state index in [4.69, 9.17) is 5.73 Å². The number of benzene rings is 1. The molecule has 0 amide bonds. The van der Waals surface area contributed by atoms with Gasteiger partial charge in [-0.05, 0) is 19.4 Å². The highest BCUT2D eigenvalue weighted by Gasteiger charge is 2.16. The van der Waals surface area contributed by atoms with Crippen LogP contribution in [0.2, 0.25) is 0 Å². The molecule has 3 rings (SSSR count). The molecule has 0 fully saturated rings. The average Bonchev–Trinajstić information content (AvgIpc) is 2.92. The first kappa shape index (κ1) is 14.3. The minimum atomic E-state index is 0.282. The second-order valence-electron chi connectivity index (χ2n) is 5.11. The molecule has 22 heavy (non-hydrogen) atoms. The molecule has 0 aliphatic carbocycles. The molecule has 0 saturated heterocycles. The largest absolute Gasteiger partial charge is 0.368 e. The maximum Gasteiger partial charge on any atom is 0.224 e. The molecule has 1 aromatic carbocycles. The number of rotatable bonds is 5. The van der Waals surface area contributed by atoms with E-state index < -0.39 is 0 Å². The summed E-state index contributed by atoms with van der Waals surface area (Å²) in [6.45, 7) is 6.61. The van der Waals surface area contributed by atoms with Gasteiger partial charge in [-0.3, -0.25) is 0 Å². The summed E-state index contributed by atoms with van der Waals surface area (Å²) in [5.41, 5.74) is 8.68. The van der Waals surface area contributed by atoms with Crippen molar-refractivity contribution in [2.75, 3.05) is 23.7 Å². The monoisotopic (exact) mass is 296 g/mol. The quantitative estimate of drug-likeness (QED) is 0.782. The van der Waals surface area contributed by atoms with Crippen LogP contribution in [0.25, 0.3) is 11.2 Å². The standard InChI is InChI=1S/C16H20N6/c1-3-21(4-2)14-13-15(20-16(17)19-14)22(11-18-13)10-12-8-6-5-7-9-12/h5-9,11H,3-4,10H2,1-2H3,(H2,17,19,20). The number of aromatic nitrogens is 4. The molecule has 0 spiro atoms. The Kier molecular flexibility index (Phi) is 3.91. The molecule has 0 atom stereocenters. The Hall–Kier alpha value is -2.63. The van der Waals surface area contributed by atoms with Crippen LogP contribution in [0.3, 0.4) is 0 Å². The first-order valence-corrected chi connectivity index (χ1v) is 7.50. The van der Waals surface area contributed by atoms with Crippen LogP contribution in [-0.4, -0.2) is 32.6 Å². The molecule has 3 aromatic rings. The van der Waals surface area contributed by atoms with Crippen LogP contribution in [-0.2, 0) is 6.54 Å². The van der Waals surface area contributed by atoms with Crippen LogP contribution in [0.1, 0.15) is 19.4 Å². The predicted molar refractivity (Wildman–Crippen MR) is 88.8 cm³/mol. The summed E-state index contributed by atoms with van der Waals surface area (Å²) in [5, 5.41) is 0. The fraction of sp³-hybridized carbons (Fsp3) is 0.312. The summed E-state index contributed by atoms with van der Waals surface area (Å²) in [4.78, 5) is 15.4. The van der Waals surface area contributed by atoms with Crippen molar-refractivity contribution in [2.24, 2.45) is 0 Å². The number of anilines is 2. The van der Waals surface area contributed by atoms with Gasteiger partial charge in [-0.15, -0.1) is 0 Å². The van der Waals surface area contributed by atoms with Crippen LogP contribution in [0, 0.1) is 0 Å². The second kappa shape index (κ2) is 6.01. The normalized spacial score (nSPS) is 11.0. The predicted octanol–water partition coefficient (Wildman–Crippen LogP) is 2.30. The third-order valence-corrected chi connectivity index (χ3v) is 3.72. The van der Waals surface area contributed by atoms with Crippen LogP contribution in [0.4, 0.5) is 11.8 Å². The fourth-order valence-electron chi connectivity index (χ4n) is 2.59. The minimum Gasteiger partial charge on any atom is -0.368 e. The highest BCUT2D eigenvalue weighted by Crippen LogP contribution is 2.23. The van der Waals surface area contributed by atoms with E-state index in [1.165, 1.54) is 5.56 Å². The van der Waals surface area contributed by atoms with Crippen molar-refractivity contribution in [3.63, 3.8) is 0 Å². The van der Waals surface area contributed by atoms with Crippen LogP contribution in [0.15, 0.2) is 36.7 Å². The maximum absolute atomic E-state index is 5.90. The number of imidazole rings is 1. The molecule has 6 heteroatoms. The smallest absolute Gasteiger partial charge is 0.224 e. The molecule has 0 aliphatic rings. The van der Waals surface area contributed by atoms with Crippen LogP contribution >= 0.6 is 0 Å². The van der Waals surface area contributed by atoms with E-state index in [1.54, 1.807) is 6.33 Å². The Morgan fingerprint density at radius 1 is 1.09 bits per heavy atom. The summed E-state index contributed by atoms with van der Waals surface area (Å²) >= 11 is 0. The molecule has 114 valence electrons. The topological polar surface area (TPSA) is 72.9 Å². The van der Waals surface area contributed by atoms with E-state index in [-0.39, 0.29) is 5.95 Å². The lowest BCUT2D eigenvalue weighted by Crippen LogP contribution is -2.24. The minimum absolute atomic E-state index is 0.282. The first-order chi connectivity index (χ1) is 10.7. The van der Waals surface area contributed by atoms with Gasteiger partial charge in [0.25, 0.3) is 0 Å². The van der Waals surface area contributed by atoms with Gasteiger partial charge in [0.1, 0.15) is 0 Å². The van der Waals surface area contributed by atoms with E-state index in [0.29, 0.717) is 6.54 Å². The molecule has 0 radical (unpaired) electrons. The van der Waals surface area contributed by atoms with Crippen molar-refractivity contribution in [1.82, 2.24) is 19.5 Å². The first-order valence-electron chi connectivity index (χ1n) is 7.50. The van der Waals surface area contributed by atoms with Crippen LogP contribution in [0.5, 0.6) is 0 Å². The lowest BCUT2D eigenvalue weighted by molar-refractivity contribution is 0.812. The van der Waals surface area contributed by atoms with E-state index >= 15 is 0 Å². The zero-order valence-electron chi connectivity index (χ0n) is 12.9. The van der Waals surface area contributed by atoms with Gasteiger partial charge in [-0.1, -0.05) is 30.3 Å². The van der Waals surface area contributed by atoms with E-state index in [0.717, 1.165) is 30.1 Å². The van der Waals surface area contributed by atoms with Gasteiger partial charge < -0.3 is 15.2 Å². The average molecular weight is 296 g/mol. The third kappa shape index (κ3) is 2.59. The number of nitrogens with two attached hydrogens (primary N) is 1. The van der Waals surface area contributed by atoms with Gasteiger partial charge >= 0.3 is 0 Å². The number of hydrogen-bond acceptors (Lipinski definition) is 5. The Morgan fingerprint density at radius 2 is 1.82 bits per heavy atom. The Balaban J connectivity index is 2.07. The van der Waals surface area contributed by atoms with Gasteiger partial charge in [0.05, 0.1) is 12.9 Å². The second-order valence-corrected chi connectivity index (χ2v) is 5.11.